The second kappa shape index (κ2) is 14.7. The summed E-state index contributed by atoms with van der Waals surface area (Å²) < 4.78 is 57.4. The van der Waals surface area contributed by atoms with E-state index in [1.807, 2.05) is 34.6 Å². The molecule has 0 aromatic carbocycles. The van der Waals surface area contributed by atoms with Gasteiger partial charge in [-0.05, 0) is 34.6 Å². The highest BCUT2D eigenvalue weighted by Crippen LogP contribution is 2.11. The van der Waals surface area contributed by atoms with Gasteiger partial charge in [-0.2, -0.15) is 0 Å². The fourth-order valence-electron chi connectivity index (χ4n) is 1.69. The fourth-order valence-corrected chi connectivity index (χ4v) is 14.0. The quantitative estimate of drug-likeness (QED) is 0.380. The van der Waals surface area contributed by atoms with Crippen LogP contribution in [0.3, 0.4) is 0 Å². The molecule has 0 saturated carbocycles. The third-order valence-electron chi connectivity index (χ3n) is 2.62. The lowest BCUT2D eigenvalue weighted by atomic mass is 10.9. The van der Waals surface area contributed by atoms with Crippen LogP contribution >= 0.6 is 0 Å². The first kappa shape index (κ1) is 23.7. The van der Waals surface area contributed by atoms with Crippen molar-refractivity contribution in [2.75, 3.05) is 33.0 Å². The highest BCUT2D eigenvalue weighted by molar-refractivity contribution is 6.67. The fraction of sp³-hybridized carbons (Fsp3) is 1.00. The van der Waals surface area contributed by atoms with Crippen LogP contribution in [0.1, 0.15) is 34.6 Å². The normalized spacial score (nSPS) is 31.8. The van der Waals surface area contributed by atoms with Crippen LogP contribution < -0.4 is 0 Å². The van der Waals surface area contributed by atoms with Crippen LogP contribution in [0.2, 0.25) is 0 Å². The standard InChI is InChI=1S/C10H30O10Si5/c1-6-11-21-16-22(12-7-2)18-24(14-9-4)20-25(15-10-5)19-23(17-21)13-8-3/h21-25H,6-10H2,1-5H3. The van der Waals surface area contributed by atoms with Gasteiger partial charge >= 0.3 is 47.6 Å². The molecule has 1 rings (SSSR count). The second-order valence-corrected chi connectivity index (χ2v) is 14.4. The van der Waals surface area contributed by atoms with E-state index in [9.17, 15) is 0 Å². The maximum atomic E-state index is 5.87. The molecular formula is C10H30O10Si5. The third kappa shape index (κ3) is 9.98. The molecule has 0 N–H and O–H groups in total. The molecule has 1 aliphatic rings. The molecule has 150 valence electrons. The maximum absolute atomic E-state index is 5.87. The van der Waals surface area contributed by atoms with E-state index in [0.717, 1.165) is 0 Å². The molecule has 0 aliphatic carbocycles. The largest absolute Gasteiger partial charge is 0.469 e. The van der Waals surface area contributed by atoms with Crippen LogP contribution in [0.15, 0.2) is 0 Å². The van der Waals surface area contributed by atoms with Gasteiger partial charge in [0.05, 0.1) is 0 Å². The predicted octanol–water partition coefficient (Wildman–Crippen LogP) is -1.15. The predicted molar refractivity (Wildman–Crippen MR) is 99.3 cm³/mol. The molecule has 15 heteroatoms. The van der Waals surface area contributed by atoms with E-state index in [0.29, 0.717) is 33.0 Å². The van der Waals surface area contributed by atoms with E-state index in [2.05, 4.69) is 0 Å². The summed E-state index contributed by atoms with van der Waals surface area (Å²) in [5, 5.41) is 0. The minimum atomic E-state index is -2.52. The molecule has 0 unspecified atom stereocenters. The average molecular weight is 451 g/mol. The summed E-state index contributed by atoms with van der Waals surface area (Å²) in [5.74, 6) is 0. The molecule has 0 aromatic rings. The van der Waals surface area contributed by atoms with Crippen LogP contribution in [0, 0.1) is 0 Å². The molecule has 0 bridgehead atoms. The SMILES string of the molecule is CCO[SiH]1O[SiH](OCC)O[SiH](OCC)O[SiH](OCC)O[SiH](OCC)O1. The van der Waals surface area contributed by atoms with Gasteiger partial charge < -0.3 is 42.7 Å². The molecule has 0 atom stereocenters. The molecule has 25 heavy (non-hydrogen) atoms. The van der Waals surface area contributed by atoms with Crippen molar-refractivity contribution < 1.29 is 42.7 Å². The van der Waals surface area contributed by atoms with Gasteiger partial charge in [-0.25, -0.2) is 0 Å². The van der Waals surface area contributed by atoms with Gasteiger partial charge in [-0.3, -0.25) is 0 Å². The molecule has 1 heterocycles. The molecule has 10 nitrogen and oxygen atoms in total. The Morgan fingerprint density at radius 1 is 0.400 bits per heavy atom. The Balaban J connectivity index is 2.94. The van der Waals surface area contributed by atoms with E-state index in [4.69, 9.17) is 42.7 Å². The molecule has 0 spiro atoms. The van der Waals surface area contributed by atoms with Crippen molar-refractivity contribution in [3.8, 4) is 0 Å². The van der Waals surface area contributed by atoms with Gasteiger partial charge in [-0.15, -0.1) is 0 Å². The number of rotatable bonds is 10. The molecule has 0 amide bonds. The molecule has 1 saturated heterocycles. The highest BCUT2D eigenvalue weighted by Gasteiger charge is 2.39. The summed E-state index contributed by atoms with van der Waals surface area (Å²) in [5.41, 5.74) is 0. The number of hydrogen-bond acceptors (Lipinski definition) is 10. The molecular weight excluding hydrogens is 421 g/mol. The molecule has 1 aliphatic heterocycles. The van der Waals surface area contributed by atoms with Crippen molar-refractivity contribution in [1.82, 2.24) is 0 Å². The van der Waals surface area contributed by atoms with Crippen LogP contribution in [-0.2, 0) is 42.7 Å². The van der Waals surface area contributed by atoms with Crippen LogP contribution in [0.4, 0.5) is 0 Å². The molecule has 0 radical (unpaired) electrons. The van der Waals surface area contributed by atoms with E-state index in [-0.39, 0.29) is 0 Å². The van der Waals surface area contributed by atoms with Crippen LogP contribution in [0.5, 0.6) is 0 Å². The molecule has 1 fully saturated rings. The van der Waals surface area contributed by atoms with Crippen molar-refractivity contribution in [2.45, 2.75) is 34.6 Å². The minimum Gasteiger partial charge on any atom is -0.377 e. The lowest BCUT2D eigenvalue weighted by molar-refractivity contribution is 0.0741. The van der Waals surface area contributed by atoms with Gasteiger partial charge in [0.1, 0.15) is 0 Å². The average Bonchev–Trinajstić information content (AvgIpc) is 2.55. The summed E-state index contributed by atoms with van der Waals surface area (Å²) in [7, 11) is -12.6. The van der Waals surface area contributed by atoms with Crippen molar-refractivity contribution in [1.29, 1.82) is 0 Å². The zero-order chi connectivity index (χ0) is 18.5. The van der Waals surface area contributed by atoms with E-state index in [1.54, 1.807) is 0 Å². The topological polar surface area (TPSA) is 92.3 Å². The summed E-state index contributed by atoms with van der Waals surface area (Å²) in [6.45, 7) is 11.6. The zero-order valence-electron chi connectivity index (χ0n) is 15.5. The van der Waals surface area contributed by atoms with Crippen molar-refractivity contribution >= 4 is 47.6 Å². The summed E-state index contributed by atoms with van der Waals surface area (Å²) in [6, 6.07) is 0. The number of hydrogen-bond donors (Lipinski definition) is 0. The molecule has 0 aromatic heterocycles. The second-order valence-electron chi connectivity index (χ2n) is 4.40. The first-order valence-corrected chi connectivity index (χ1v) is 15.6. The maximum Gasteiger partial charge on any atom is 0.469 e. The lowest BCUT2D eigenvalue weighted by Crippen LogP contribution is -2.52. The first-order valence-electron chi connectivity index (χ1n) is 8.51. The van der Waals surface area contributed by atoms with E-state index < -0.39 is 47.6 Å². The van der Waals surface area contributed by atoms with Crippen LogP contribution in [-0.4, -0.2) is 80.7 Å². The minimum absolute atomic E-state index is 0.451. The Hall–Kier alpha value is 0.684. The van der Waals surface area contributed by atoms with Crippen LogP contribution in [0.25, 0.3) is 0 Å². The third-order valence-corrected chi connectivity index (χ3v) is 14.5. The van der Waals surface area contributed by atoms with Crippen molar-refractivity contribution in [3.63, 3.8) is 0 Å². The van der Waals surface area contributed by atoms with Crippen molar-refractivity contribution in [3.05, 3.63) is 0 Å². The van der Waals surface area contributed by atoms with Gasteiger partial charge in [0.15, 0.2) is 0 Å². The Kier molecular flexibility index (Phi) is 14.0. The zero-order valence-corrected chi connectivity index (χ0v) is 21.3. The Morgan fingerprint density at radius 2 is 0.560 bits per heavy atom. The van der Waals surface area contributed by atoms with Gasteiger partial charge in [0.25, 0.3) is 0 Å². The monoisotopic (exact) mass is 450 g/mol. The van der Waals surface area contributed by atoms with Gasteiger partial charge in [0, 0.05) is 33.0 Å². The van der Waals surface area contributed by atoms with Gasteiger partial charge in [0.2, 0.25) is 0 Å². The summed E-state index contributed by atoms with van der Waals surface area (Å²) in [6.07, 6.45) is 0. The Labute approximate surface area is 158 Å². The summed E-state index contributed by atoms with van der Waals surface area (Å²) >= 11 is 0. The van der Waals surface area contributed by atoms with Gasteiger partial charge in [-0.1, -0.05) is 0 Å². The summed E-state index contributed by atoms with van der Waals surface area (Å²) in [4.78, 5) is 0. The lowest BCUT2D eigenvalue weighted by Gasteiger charge is -2.31. The Morgan fingerprint density at radius 3 is 0.680 bits per heavy atom. The van der Waals surface area contributed by atoms with Crippen molar-refractivity contribution in [2.24, 2.45) is 0 Å². The first-order chi connectivity index (χ1) is 12.2. The van der Waals surface area contributed by atoms with E-state index >= 15 is 0 Å². The smallest absolute Gasteiger partial charge is 0.377 e. The van der Waals surface area contributed by atoms with E-state index in [1.165, 1.54) is 0 Å². The Bertz CT molecular complexity index is 253. The highest BCUT2D eigenvalue weighted by atomic mass is 28.5.